The standard InChI is InChI=1S/C16H14ClF2NO2S/c17-10-1-4-13(5-2-10)23(21,22)16(8-12(20)9-16)14-7-11(18)3-6-15(14)19/h1-7,12H,8-9,20H2. The molecule has 23 heavy (non-hydrogen) atoms. The van der Waals surface area contributed by atoms with Crippen molar-refractivity contribution in [3.05, 3.63) is 64.7 Å². The molecule has 2 N–H and O–H groups in total. The van der Waals surface area contributed by atoms with Crippen molar-refractivity contribution in [1.29, 1.82) is 0 Å². The van der Waals surface area contributed by atoms with Crippen LogP contribution in [0.4, 0.5) is 8.78 Å². The van der Waals surface area contributed by atoms with E-state index in [1.165, 1.54) is 24.3 Å². The van der Waals surface area contributed by atoms with E-state index in [0.29, 0.717) is 5.02 Å². The first-order valence-corrected chi connectivity index (χ1v) is 8.84. The third-order valence-electron chi connectivity index (χ3n) is 4.24. The Morgan fingerprint density at radius 2 is 1.70 bits per heavy atom. The number of hydrogen-bond acceptors (Lipinski definition) is 3. The number of hydrogen-bond donors (Lipinski definition) is 1. The van der Waals surface area contributed by atoms with Crippen LogP contribution in [0, 0.1) is 11.6 Å². The number of halogens is 3. The van der Waals surface area contributed by atoms with Crippen LogP contribution in [0.2, 0.25) is 5.02 Å². The molecule has 0 bridgehead atoms. The van der Waals surface area contributed by atoms with Crippen LogP contribution in [0.15, 0.2) is 47.4 Å². The molecule has 1 aliphatic rings. The molecule has 0 aromatic heterocycles. The second-order valence-electron chi connectivity index (χ2n) is 5.74. The average Bonchev–Trinajstić information content (AvgIpc) is 2.46. The number of rotatable bonds is 3. The quantitative estimate of drug-likeness (QED) is 0.915. The smallest absolute Gasteiger partial charge is 0.188 e. The summed E-state index contributed by atoms with van der Waals surface area (Å²) in [5.41, 5.74) is 5.60. The second-order valence-corrected chi connectivity index (χ2v) is 8.44. The fraction of sp³-hybridized carbons (Fsp3) is 0.250. The Morgan fingerprint density at radius 1 is 1.09 bits per heavy atom. The largest absolute Gasteiger partial charge is 0.328 e. The number of benzene rings is 2. The monoisotopic (exact) mass is 357 g/mol. The van der Waals surface area contributed by atoms with Crippen molar-refractivity contribution in [2.24, 2.45) is 5.73 Å². The van der Waals surface area contributed by atoms with Gasteiger partial charge in [-0.2, -0.15) is 0 Å². The van der Waals surface area contributed by atoms with Gasteiger partial charge in [-0.1, -0.05) is 11.6 Å². The van der Waals surface area contributed by atoms with E-state index in [0.717, 1.165) is 18.2 Å². The summed E-state index contributed by atoms with van der Waals surface area (Å²) in [6, 6.07) is 8.08. The van der Waals surface area contributed by atoms with Gasteiger partial charge in [0.1, 0.15) is 16.4 Å². The molecular formula is C16H14ClF2NO2S. The highest BCUT2D eigenvalue weighted by molar-refractivity contribution is 7.92. The first kappa shape index (κ1) is 16.4. The van der Waals surface area contributed by atoms with Gasteiger partial charge in [0.05, 0.1) is 4.90 Å². The van der Waals surface area contributed by atoms with E-state index in [9.17, 15) is 17.2 Å². The maximum absolute atomic E-state index is 14.2. The van der Waals surface area contributed by atoms with Gasteiger partial charge >= 0.3 is 0 Å². The van der Waals surface area contributed by atoms with Crippen molar-refractivity contribution in [2.75, 3.05) is 0 Å². The van der Waals surface area contributed by atoms with Crippen molar-refractivity contribution < 1.29 is 17.2 Å². The van der Waals surface area contributed by atoms with Crippen LogP contribution in [-0.2, 0) is 14.6 Å². The van der Waals surface area contributed by atoms with Crippen molar-refractivity contribution in [1.82, 2.24) is 0 Å². The molecule has 2 aromatic carbocycles. The molecule has 3 nitrogen and oxygen atoms in total. The Labute approximate surface area is 138 Å². The molecule has 122 valence electrons. The third kappa shape index (κ3) is 2.55. The van der Waals surface area contributed by atoms with Gasteiger partial charge in [0.25, 0.3) is 0 Å². The Balaban J connectivity index is 2.18. The van der Waals surface area contributed by atoms with E-state index >= 15 is 0 Å². The zero-order valence-corrected chi connectivity index (χ0v) is 13.5. The lowest BCUT2D eigenvalue weighted by Gasteiger charge is -2.45. The van der Waals surface area contributed by atoms with Gasteiger partial charge < -0.3 is 5.73 Å². The molecular weight excluding hydrogens is 344 g/mol. The highest BCUT2D eigenvalue weighted by Crippen LogP contribution is 2.51. The summed E-state index contributed by atoms with van der Waals surface area (Å²) in [7, 11) is -3.95. The summed E-state index contributed by atoms with van der Waals surface area (Å²) in [6.07, 6.45) is 0.0800. The highest BCUT2D eigenvalue weighted by atomic mass is 35.5. The molecule has 1 fully saturated rings. The van der Waals surface area contributed by atoms with Crippen LogP contribution >= 0.6 is 11.6 Å². The van der Waals surface area contributed by atoms with Crippen LogP contribution in [-0.4, -0.2) is 14.5 Å². The molecule has 0 amide bonds. The maximum atomic E-state index is 14.2. The lowest BCUT2D eigenvalue weighted by molar-refractivity contribution is 0.283. The number of sulfone groups is 1. The van der Waals surface area contributed by atoms with Gasteiger partial charge in [-0.15, -0.1) is 0 Å². The molecule has 2 aromatic rings. The first-order valence-electron chi connectivity index (χ1n) is 6.97. The van der Waals surface area contributed by atoms with Gasteiger partial charge in [-0.05, 0) is 55.3 Å². The summed E-state index contributed by atoms with van der Waals surface area (Å²) < 4.78 is 52.4. The van der Waals surface area contributed by atoms with Gasteiger partial charge in [0, 0.05) is 16.6 Å². The van der Waals surface area contributed by atoms with E-state index in [-0.39, 0.29) is 29.3 Å². The fourth-order valence-corrected chi connectivity index (χ4v) is 5.44. The van der Waals surface area contributed by atoms with Crippen LogP contribution in [0.5, 0.6) is 0 Å². The molecule has 0 atom stereocenters. The topological polar surface area (TPSA) is 60.2 Å². The van der Waals surface area contributed by atoms with Crippen molar-refractivity contribution in [3.63, 3.8) is 0 Å². The van der Waals surface area contributed by atoms with Crippen LogP contribution in [0.1, 0.15) is 18.4 Å². The molecule has 0 unspecified atom stereocenters. The number of nitrogens with two attached hydrogens (primary N) is 1. The molecule has 0 spiro atoms. The van der Waals surface area contributed by atoms with Crippen molar-refractivity contribution >= 4 is 21.4 Å². The van der Waals surface area contributed by atoms with Gasteiger partial charge in [0.15, 0.2) is 9.84 Å². The minimum Gasteiger partial charge on any atom is -0.328 e. The maximum Gasteiger partial charge on any atom is 0.188 e. The predicted molar refractivity (Wildman–Crippen MR) is 83.9 cm³/mol. The Kier molecular flexibility index (Phi) is 3.94. The zero-order valence-electron chi connectivity index (χ0n) is 12.0. The summed E-state index contributed by atoms with van der Waals surface area (Å²) in [4.78, 5) is 0.0115. The molecule has 0 saturated heterocycles. The van der Waals surface area contributed by atoms with Gasteiger partial charge in [0.2, 0.25) is 0 Å². The molecule has 0 aliphatic heterocycles. The van der Waals surface area contributed by atoms with E-state index in [1.807, 2.05) is 0 Å². The Bertz CT molecular complexity index is 847. The SMILES string of the molecule is NC1CC(c2cc(F)ccc2F)(S(=O)(=O)c2ccc(Cl)cc2)C1. The Hall–Kier alpha value is -1.50. The molecule has 1 aliphatic carbocycles. The normalized spacial score (nSPS) is 24.3. The second kappa shape index (κ2) is 5.54. The summed E-state index contributed by atoms with van der Waals surface area (Å²) in [5, 5.41) is 0.389. The molecule has 1 saturated carbocycles. The van der Waals surface area contributed by atoms with E-state index in [1.54, 1.807) is 0 Å². The first-order chi connectivity index (χ1) is 10.8. The van der Waals surface area contributed by atoms with Crippen LogP contribution < -0.4 is 5.73 Å². The minimum absolute atomic E-state index is 0.0115. The lowest BCUT2D eigenvalue weighted by Crippen LogP contribution is -2.54. The van der Waals surface area contributed by atoms with Crippen LogP contribution in [0.3, 0.4) is 0 Å². The van der Waals surface area contributed by atoms with E-state index < -0.39 is 26.2 Å². The van der Waals surface area contributed by atoms with E-state index in [2.05, 4.69) is 0 Å². The van der Waals surface area contributed by atoms with Crippen molar-refractivity contribution in [3.8, 4) is 0 Å². The van der Waals surface area contributed by atoms with Crippen molar-refractivity contribution in [2.45, 2.75) is 28.5 Å². The summed E-state index contributed by atoms with van der Waals surface area (Å²) in [5.74, 6) is -1.44. The molecule has 3 rings (SSSR count). The lowest BCUT2D eigenvalue weighted by atomic mass is 9.75. The summed E-state index contributed by atoms with van der Waals surface area (Å²) in [6.45, 7) is 0. The minimum atomic E-state index is -3.95. The Morgan fingerprint density at radius 3 is 2.26 bits per heavy atom. The average molecular weight is 358 g/mol. The fourth-order valence-electron chi connectivity index (χ4n) is 3.06. The molecule has 7 heteroatoms. The van der Waals surface area contributed by atoms with Gasteiger partial charge in [-0.25, -0.2) is 17.2 Å². The molecule has 0 radical (unpaired) electrons. The van der Waals surface area contributed by atoms with E-state index in [4.69, 9.17) is 17.3 Å². The van der Waals surface area contributed by atoms with Gasteiger partial charge in [-0.3, -0.25) is 0 Å². The van der Waals surface area contributed by atoms with Crippen LogP contribution in [0.25, 0.3) is 0 Å². The predicted octanol–water partition coefficient (Wildman–Crippen LogP) is 3.41. The summed E-state index contributed by atoms with van der Waals surface area (Å²) >= 11 is 5.79. The highest BCUT2D eigenvalue weighted by Gasteiger charge is 2.56. The third-order valence-corrected chi connectivity index (χ3v) is 6.97. The zero-order chi connectivity index (χ0) is 16.8. The molecule has 0 heterocycles.